The second-order valence-electron chi connectivity index (χ2n) is 4.63. The fourth-order valence-electron chi connectivity index (χ4n) is 2.95. The summed E-state index contributed by atoms with van der Waals surface area (Å²) in [6, 6.07) is 2.26. The van der Waals surface area contributed by atoms with Crippen molar-refractivity contribution >= 4 is 11.7 Å². The summed E-state index contributed by atoms with van der Waals surface area (Å²) in [5.74, 6) is 2.33. The molecule has 4 heteroatoms. The van der Waals surface area contributed by atoms with Gasteiger partial charge in [-0.05, 0) is 6.92 Å². The van der Waals surface area contributed by atoms with Gasteiger partial charge in [0.25, 0.3) is 0 Å². The van der Waals surface area contributed by atoms with E-state index in [0.29, 0.717) is 24.2 Å². The average molecular weight is 193 g/mol. The van der Waals surface area contributed by atoms with Crippen LogP contribution in [0.25, 0.3) is 0 Å². The van der Waals surface area contributed by atoms with Gasteiger partial charge in [0, 0.05) is 19.8 Å². The molecule has 0 amide bonds. The van der Waals surface area contributed by atoms with Crippen LogP contribution in [0.4, 0.5) is 0 Å². The van der Waals surface area contributed by atoms with Crippen molar-refractivity contribution in [2.75, 3.05) is 0 Å². The van der Waals surface area contributed by atoms with Gasteiger partial charge in [0.1, 0.15) is 12.1 Å². The van der Waals surface area contributed by atoms with Crippen LogP contribution in [-0.4, -0.2) is 35.8 Å². The van der Waals surface area contributed by atoms with E-state index in [2.05, 4.69) is 34.5 Å². The molecule has 0 saturated heterocycles. The Bertz CT molecular complexity index is 290. The number of nitrogens with one attached hydrogen (secondary N) is 3. The second-order valence-corrected chi connectivity index (χ2v) is 4.63. The SMILES string of the molecule is CC1=NC2CC3[NH+]=C(C)NC3CC2N1. The molecule has 4 atom stereocenters. The van der Waals surface area contributed by atoms with Crippen molar-refractivity contribution < 1.29 is 4.99 Å². The van der Waals surface area contributed by atoms with E-state index in [1.54, 1.807) is 0 Å². The number of nitrogens with zero attached hydrogens (tertiary/aromatic N) is 1. The Hall–Kier alpha value is -1.06. The molecule has 2 aliphatic heterocycles. The third-order valence-electron chi connectivity index (χ3n) is 3.51. The van der Waals surface area contributed by atoms with E-state index in [1.165, 1.54) is 12.3 Å². The fraction of sp³-hybridized carbons (Fsp3) is 0.800. The molecule has 3 rings (SSSR count). The van der Waals surface area contributed by atoms with Gasteiger partial charge in [0.2, 0.25) is 5.84 Å². The van der Waals surface area contributed by atoms with Crippen LogP contribution < -0.4 is 15.6 Å². The highest BCUT2D eigenvalue weighted by Gasteiger charge is 2.45. The Morgan fingerprint density at radius 3 is 2.93 bits per heavy atom. The number of fused-ring (bicyclic) bond motifs is 2. The highest BCUT2D eigenvalue weighted by Crippen LogP contribution is 2.24. The quantitative estimate of drug-likeness (QED) is 0.433. The van der Waals surface area contributed by atoms with Crippen LogP contribution in [0.2, 0.25) is 0 Å². The van der Waals surface area contributed by atoms with E-state index in [0.717, 1.165) is 12.3 Å². The van der Waals surface area contributed by atoms with Crippen LogP contribution in [0.3, 0.4) is 0 Å². The minimum absolute atomic E-state index is 0.497. The normalized spacial score (nSPS) is 44.4. The maximum atomic E-state index is 4.62. The standard InChI is InChI=1S/C10H16N4/c1-5-11-7-3-9-10(4-8(7)12-5)14-6(2)13-9/h7-10H,3-4H2,1-2H3,(H,11,12)(H,13,14)/p+1. The van der Waals surface area contributed by atoms with E-state index in [-0.39, 0.29) is 0 Å². The van der Waals surface area contributed by atoms with Crippen molar-refractivity contribution in [3.63, 3.8) is 0 Å². The molecule has 1 saturated carbocycles. The summed E-state index contributed by atoms with van der Waals surface area (Å²) in [4.78, 5) is 8.12. The van der Waals surface area contributed by atoms with Crippen LogP contribution in [-0.2, 0) is 0 Å². The van der Waals surface area contributed by atoms with Gasteiger partial charge < -0.3 is 5.32 Å². The maximum absolute atomic E-state index is 4.62. The molecule has 3 aliphatic rings. The first-order valence-corrected chi connectivity index (χ1v) is 5.40. The van der Waals surface area contributed by atoms with E-state index >= 15 is 0 Å². The van der Waals surface area contributed by atoms with Crippen molar-refractivity contribution in [2.45, 2.75) is 50.9 Å². The number of aliphatic imine (C=N–C) groups is 1. The van der Waals surface area contributed by atoms with E-state index in [4.69, 9.17) is 0 Å². The zero-order chi connectivity index (χ0) is 9.71. The Balaban J connectivity index is 1.79. The van der Waals surface area contributed by atoms with Gasteiger partial charge in [-0.25, -0.2) is 0 Å². The number of amidine groups is 2. The van der Waals surface area contributed by atoms with Crippen LogP contribution in [0, 0.1) is 0 Å². The van der Waals surface area contributed by atoms with Gasteiger partial charge in [-0.1, -0.05) is 0 Å². The zero-order valence-electron chi connectivity index (χ0n) is 8.67. The molecular weight excluding hydrogens is 176 g/mol. The predicted octanol–water partition coefficient (Wildman–Crippen LogP) is -1.62. The molecule has 0 aromatic carbocycles. The van der Waals surface area contributed by atoms with Crippen molar-refractivity contribution in [1.29, 1.82) is 0 Å². The number of rotatable bonds is 0. The first kappa shape index (κ1) is 8.26. The van der Waals surface area contributed by atoms with Crippen LogP contribution >= 0.6 is 0 Å². The van der Waals surface area contributed by atoms with E-state index < -0.39 is 0 Å². The largest absolute Gasteiger partial charge is 0.369 e. The molecule has 76 valence electrons. The minimum Gasteiger partial charge on any atom is -0.369 e. The molecule has 1 aliphatic carbocycles. The highest BCUT2D eigenvalue weighted by atomic mass is 15.2. The molecule has 1 fully saturated rings. The number of hydrogen-bond donors (Lipinski definition) is 3. The van der Waals surface area contributed by atoms with Gasteiger partial charge in [0.05, 0.1) is 17.9 Å². The smallest absolute Gasteiger partial charge is 0.240 e. The minimum atomic E-state index is 0.497. The van der Waals surface area contributed by atoms with Crippen LogP contribution in [0.1, 0.15) is 26.7 Å². The molecular formula is C10H17N4+. The van der Waals surface area contributed by atoms with Crippen molar-refractivity contribution in [2.24, 2.45) is 4.99 Å². The molecule has 4 nitrogen and oxygen atoms in total. The summed E-state index contributed by atoms with van der Waals surface area (Å²) in [5.41, 5.74) is 0. The highest BCUT2D eigenvalue weighted by molar-refractivity contribution is 5.82. The van der Waals surface area contributed by atoms with Gasteiger partial charge in [-0.3, -0.25) is 15.3 Å². The third-order valence-corrected chi connectivity index (χ3v) is 3.51. The Labute approximate surface area is 83.9 Å². The summed E-state index contributed by atoms with van der Waals surface area (Å²) < 4.78 is 0. The van der Waals surface area contributed by atoms with Crippen molar-refractivity contribution in [3.05, 3.63) is 0 Å². The number of hydrogen-bond acceptors (Lipinski definition) is 3. The monoisotopic (exact) mass is 193 g/mol. The van der Waals surface area contributed by atoms with E-state index in [9.17, 15) is 0 Å². The molecule has 14 heavy (non-hydrogen) atoms. The molecule has 0 bridgehead atoms. The van der Waals surface area contributed by atoms with Crippen molar-refractivity contribution in [3.8, 4) is 0 Å². The molecule has 0 aromatic rings. The van der Waals surface area contributed by atoms with Gasteiger partial charge >= 0.3 is 0 Å². The van der Waals surface area contributed by atoms with Crippen LogP contribution in [0.15, 0.2) is 4.99 Å². The molecule has 4 unspecified atom stereocenters. The lowest BCUT2D eigenvalue weighted by molar-refractivity contribution is -0.499. The van der Waals surface area contributed by atoms with E-state index in [1.807, 2.05) is 0 Å². The molecule has 0 radical (unpaired) electrons. The van der Waals surface area contributed by atoms with Gasteiger partial charge in [-0.2, -0.15) is 0 Å². The lowest BCUT2D eigenvalue weighted by atomic mass is 9.85. The first-order chi connectivity index (χ1) is 6.72. The topological polar surface area (TPSA) is 50.4 Å². The van der Waals surface area contributed by atoms with Gasteiger partial charge in [0.15, 0.2) is 0 Å². The maximum Gasteiger partial charge on any atom is 0.240 e. The van der Waals surface area contributed by atoms with Gasteiger partial charge in [-0.15, -0.1) is 0 Å². The Morgan fingerprint density at radius 2 is 2.07 bits per heavy atom. The summed E-state index contributed by atoms with van der Waals surface area (Å²) in [7, 11) is 0. The molecule has 0 spiro atoms. The third kappa shape index (κ3) is 1.13. The summed E-state index contributed by atoms with van der Waals surface area (Å²) in [6.45, 7) is 4.17. The molecule has 0 aromatic heterocycles. The average Bonchev–Trinajstić information content (AvgIpc) is 2.59. The Kier molecular flexibility index (Phi) is 1.60. The van der Waals surface area contributed by atoms with Crippen molar-refractivity contribution in [1.82, 2.24) is 10.6 Å². The lowest BCUT2D eigenvalue weighted by Crippen LogP contribution is -2.79. The first-order valence-electron chi connectivity index (χ1n) is 5.40. The van der Waals surface area contributed by atoms with Crippen LogP contribution in [0.5, 0.6) is 0 Å². The summed E-state index contributed by atoms with van der Waals surface area (Å²) in [5, 5.41) is 6.95. The lowest BCUT2D eigenvalue weighted by Gasteiger charge is -2.29. The predicted molar refractivity (Wildman–Crippen MR) is 55.4 cm³/mol. The summed E-state index contributed by atoms with van der Waals surface area (Å²) in [6.07, 6.45) is 2.34. The fourth-order valence-corrected chi connectivity index (χ4v) is 2.95. The second kappa shape index (κ2) is 2.72. The molecule has 2 heterocycles. The zero-order valence-corrected chi connectivity index (χ0v) is 8.67. The Morgan fingerprint density at radius 1 is 1.21 bits per heavy atom. The molecule has 3 N–H and O–H groups in total. The summed E-state index contributed by atoms with van der Waals surface area (Å²) >= 11 is 0.